The van der Waals surface area contributed by atoms with Crippen LogP contribution in [0.2, 0.25) is 0 Å². The molecule has 5 nitrogen and oxygen atoms in total. The van der Waals surface area contributed by atoms with E-state index in [2.05, 4.69) is 37.4 Å². The number of piperidine rings is 2. The lowest BCUT2D eigenvalue weighted by Crippen LogP contribution is -2.49. The highest BCUT2D eigenvalue weighted by molar-refractivity contribution is 8.05. The van der Waals surface area contributed by atoms with E-state index in [1.807, 2.05) is 31.1 Å². The van der Waals surface area contributed by atoms with Crippen molar-refractivity contribution < 1.29 is 9.59 Å². The van der Waals surface area contributed by atoms with E-state index in [4.69, 9.17) is 0 Å². The molecule has 2 aliphatic heterocycles. The van der Waals surface area contributed by atoms with Crippen molar-refractivity contribution in [1.29, 1.82) is 0 Å². The monoisotopic (exact) mass is 493 g/mol. The Hall–Kier alpha value is -1.27. The molecule has 3 aliphatic rings. The lowest BCUT2D eigenvalue weighted by Gasteiger charge is -2.44. The maximum Gasteiger partial charge on any atom is 0.250 e. The van der Waals surface area contributed by atoms with Gasteiger partial charge in [-0.3, -0.25) is 9.59 Å². The van der Waals surface area contributed by atoms with Gasteiger partial charge in [0, 0.05) is 31.2 Å². The van der Waals surface area contributed by atoms with Crippen molar-refractivity contribution in [1.82, 2.24) is 14.7 Å². The zero-order valence-electron chi connectivity index (χ0n) is 22.9. The summed E-state index contributed by atoms with van der Waals surface area (Å²) in [5, 5.41) is 2.00. The predicted molar refractivity (Wildman–Crippen MR) is 148 cm³/mol. The number of hydrogen-bond donors (Lipinski definition) is 0. The molecule has 0 aromatic carbocycles. The smallest absolute Gasteiger partial charge is 0.250 e. The highest BCUT2D eigenvalue weighted by Crippen LogP contribution is 2.36. The van der Waals surface area contributed by atoms with E-state index < -0.39 is 0 Å². The third-order valence-electron chi connectivity index (χ3n) is 7.03. The van der Waals surface area contributed by atoms with Crippen molar-refractivity contribution in [3.05, 3.63) is 22.5 Å². The molecule has 0 aromatic rings. The van der Waals surface area contributed by atoms with Crippen LogP contribution in [0.4, 0.5) is 0 Å². The number of carbonyl (C=O) groups excluding carboxylic acids is 2. The second kappa shape index (κ2) is 17.2. The molecule has 0 aromatic heterocycles. The maximum atomic E-state index is 13.0. The van der Waals surface area contributed by atoms with Gasteiger partial charge in [0.05, 0.1) is 0 Å². The fraction of sp³-hybridized carbons (Fsp3) is 0.786. The largest absolute Gasteiger partial charge is 0.345 e. The van der Waals surface area contributed by atoms with Crippen LogP contribution in [0.3, 0.4) is 0 Å². The quantitative estimate of drug-likeness (QED) is 0.314. The Balaban J connectivity index is 0.000000631. The molecule has 196 valence electrons. The third kappa shape index (κ3) is 10.2. The molecule has 3 fully saturated rings. The fourth-order valence-corrected chi connectivity index (χ4v) is 6.05. The molecule has 6 heteroatoms. The molecule has 1 aliphatic carbocycles. The topological polar surface area (TPSA) is 43.9 Å². The van der Waals surface area contributed by atoms with Crippen molar-refractivity contribution >= 4 is 24.1 Å². The molecule has 0 spiro atoms. The number of nitrogens with zero attached hydrogens (tertiary/aromatic N) is 3. The molecular weight excluding hydrogens is 442 g/mol. The number of rotatable bonds is 7. The zero-order chi connectivity index (χ0) is 25.5. The minimum absolute atomic E-state index is 0.220. The number of fused-ring (bicyclic) bond motifs is 1. The predicted octanol–water partition coefficient (Wildman–Crippen LogP) is 6.17. The molecule has 3 rings (SSSR count). The van der Waals surface area contributed by atoms with Crippen LogP contribution in [0, 0.1) is 11.8 Å². The summed E-state index contributed by atoms with van der Waals surface area (Å²) < 4.78 is 0. The summed E-state index contributed by atoms with van der Waals surface area (Å²) in [4.78, 5) is 31.1. The van der Waals surface area contributed by atoms with Crippen LogP contribution in [-0.2, 0) is 9.59 Å². The van der Waals surface area contributed by atoms with Gasteiger partial charge in [-0.25, -0.2) is 0 Å². The van der Waals surface area contributed by atoms with Gasteiger partial charge in [-0.2, -0.15) is 0 Å². The third-order valence-corrected chi connectivity index (χ3v) is 8.14. The number of likely N-dealkylation sites (tertiary alicyclic amines) is 2. The fourth-order valence-electron chi connectivity index (χ4n) is 5.19. The van der Waals surface area contributed by atoms with Crippen molar-refractivity contribution in [3.63, 3.8) is 0 Å². The molecule has 2 atom stereocenters. The van der Waals surface area contributed by atoms with Gasteiger partial charge < -0.3 is 14.7 Å². The normalized spacial score (nSPS) is 23.2. The average Bonchev–Trinajstić information content (AvgIpc) is 2.87. The summed E-state index contributed by atoms with van der Waals surface area (Å²) in [6.45, 7) is 16.1. The number of amides is 2. The molecule has 0 bridgehead atoms. The van der Waals surface area contributed by atoms with Gasteiger partial charge >= 0.3 is 0 Å². The molecule has 34 heavy (non-hydrogen) atoms. The SMILES string of the molecule is C=C(S/C=C(\C)C(=O)N1CCCC2CCCCC21)C1CCN(C=O)CC1.CC.CCCN(C)C. The summed E-state index contributed by atoms with van der Waals surface area (Å²) in [5.74, 6) is 1.38. The summed E-state index contributed by atoms with van der Waals surface area (Å²) in [5.41, 5.74) is 0.840. The van der Waals surface area contributed by atoms with E-state index in [9.17, 15) is 9.59 Å². The first-order valence-corrected chi connectivity index (χ1v) is 14.4. The van der Waals surface area contributed by atoms with E-state index in [-0.39, 0.29) is 5.91 Å². The first-order valence-electron chi connectivity index (χ1n) is 13.5. The first-order chi connectivity index (χ1) is 16.4. The van der Waals surface area contributed by atoms with Gasteiger partial charge in [-0.1, -0.05) is 40.2 Å². The molecule has 0 radical (unpaired) electrons. The van der Waals surface area contributed by atoms with Crippen molar-refractivity contribution in [2.24, 2.45) is 11.8 Å². The Kier molecular flexibility index (Phi) is 15.6. The van der Waals surface area contributed by atoms with Gasteiger partial charge in [0.2, 0.25) is 12.3 Å². The van der Waals surface area contributed by atoms with Gasteiger partial charge in [0.1, 0.15) is 0 Å². The second-order valence-electron chi connectivity index (χ2n) is 9.86. The van der Waals surface area contributed by atoms with Crippen LogP contribution < -0.4 is 0 Å². The van der Waals surface area contributed by atoms with Gasteiger partial charge in [-0.15, -0.1) is 11.8 Å². The van der Waals surface area contributed by atoms with E-state index in [1.54, 1.807) is 11.8 Å². The highest BCUT2D eigenvalue weighted by atomic mass is 32.2. The van der Waals surface area contributed by atoms with Crippen LogP contribution in [0.15, 0.2) is 22.5 Å². The van der Waals surface area contributed by atoms with Crippen LogP contribution in [0.1, 0.15) is 85.5 Å². The molecular formula is C28H51N3O2S. The van der Waals surface area contributed by atoms with E-state index in [0.717, 1.165) is 61.7 Å². The van der Waals surface area contributed by atoms with E-state index in [1.165, 1.54) is 45.1 Å². The summed E-state index contributed by atoms with van der Waals surface area (Å²) >= 11 is 1.61. The summed E-state index contributed by atoms with van der Waals surface area (Å²) in [6.07, 6.45) is 11.6. The van der Waals surface area contributed by atoms with Crippen LogP contribution in [0.25, 0.3) is 0 Å². The Bertz CT molecular complexity index is 640. The Morgan fingerprint density at radius 3 is 2.21 bits per heavy atom. The summed E-state index contributed by atoms with van der Waals surface area (Å²) in [6, 6.07) is 0.467. The standard InChI is InChI=1S/C21H32N2O2S.C5H13N.C2H6/c1-16(14-26-17(2)18-9-12-22(15-24)13-10-18)21(25)23-11-5-7-19-6-3-4-8-20(19)23;1-4-5-6(2)3;1-2/h14-15,18-20H,2-13H2,1H3;4-5H2,1-3H3;1-2H3/b16-14+;;. The van der Waals surface area contributed by atoms with Gasteiger partial charge in [-0.05, 0) is 94.7 Å². The molecule has 0 N–H and O–H groups in total. The van der Waals surface area contributed by atoms with Gasteiger partial charge in [0.15, 0.2) is 0 Å². The number of thioether (sulfide) groups is 1. The molecule has 2 amide bonds. The molecule has 2 heterocycles. The summed E-state index contributed by atoms with van der Waals surface area (Å²) in [7, 11) is 4.17. The van der Waals surface area contributed by atoms with Crippen molar-refractivity contribution in [2.45, 2.75) is 91.5 Å². The minimum Gasteiger partial charge on any atom is -0.345 e. The molecule has 2 saturated heterocycles. The second-order valence-corrected chi connectivity index (χ2v) is 10.9. The molecule has 1 saturated carbocycles. The zero-order valence-corrected chi connectivity index (χ0v) is 23.7. The van der Waals surface area contributed by atoms with Crippen molar-refractivity contribution in [3.8, 4) is 0 Å². The van der Waals surface area contributed by atoms with Crippen LogP contribution >= 0.6 is 11.8 Å². The van der Waals surface area contributed by atoms with E-state index in [0.29, 0.717) is 12.0 Å². The number of carbonyl (C=O) groups is 2. The lowest BCUT2D eigenvalue weighted by atomic mass is 9.78. The highest BCUT2D eigenvalue weighted by Gasteiger charge is 2.35. The van der Waals surface area contributed by atoms with E-state index >= 15 is 0 Å². The first kappa shape index (κ1) is 30.8. The Morgan fingerprint density at radius 2 is 1.65 bits per heavy atom. The molecule has 2 unspecified atom stereocenters. The Morgan fingerprint density at radius 1 is 1.03 bits per heavy atom. The van der Waals surface area contributed by atoms with Gasteiger partial charge in [0.25, 0.3) is 0 Å². The minimum atomic E-state index is 0.220. The average molecular weight is 494 g/mol. The van der Waals surface area contributed by atoms with Crippen LogP contribution in [-0.4, -0.2) is 73.3 Å². The Labute approximate surface area is 214 Å². The van der Waals surface area contributed by atoms with Crippen molar-refractivity contribution in [2.75, 3.05) is 40.3 Å². The number of hydrogen-bond acceptors (Lipinski definition) is 4. The lowest BCUT2D eigenvalue weighted by molar-refractivity contribution is -0.133. The number of allylic oxidation sites excluding steroid dienone is 1. The van der Waals surface area contributed by atoms with Crippen LogP contribution in [0.5, 0.6) is 0 Å². The maximum absolute atomic E-state index is 13.0.